The molecule has 0 aliphatic carbocycles. The minimum absolute atomic E-state index is 0.309. The maximum absolute atomic E-state index is 9.05. The number of hydrogen-bond donors (Lipinski definition) is 1. The van der Waals surface area contributed by atoms with Crippen molar-refractivity contribution in [1.82, 2.24) is 24.3 Å². The minimum Gasteiger partial charge on any atom is -0.316 e. The van der Waals surface area contributed by atoms with E-state index in [4.69, 9.17) is 10.2 Å². The number of anilines is 2. The van der Waals surface area contributed by atoms with E-state index in [1.165, 1.54) is 12.1 Å². The predicted molar refractivity (Wildman–Crippen MR) is 115 cm³/mol. The van der Waals surface area contributed by atoms with Gasteiger partial charge in [-0.25, -0.2) is 15.0 Å². The molecule has 7 nitrogen and oxygen atoms in total. The molecule has 9 heteroatoms. The lowest BCUT2D eigenvalue weighted by Crippen LogP contribution is -2.24. The van der Waals surface area contributed by atoms with Crippen LogP contribution in [0.15, 0.2) is 35.3 Å². The topological polar surface area (TPSA) is 82.1 Å². The van der Waals surface area contributed by atoms with Crippen molar-refractivity contribution in [2.45, 2.75) is 32.4 Å². The van der Waals surface area contributed by atoms with Crippen molar-refractivity contribution in [3.63, 3.8) is 0 Å². The molecular formula is C20H19N7S2. The Morgan fingerprint density at radius 1 is 1.34 bits per heavy atom. The molecule has 4 aromatic rings. The summed E-state index contributed by atoms with van der Waals surface area (Å²) >= 11 is 3.25. The number of nitrogens with zero attached hydrogens (tertiary/aromatic N) is 6. The molecule has 5 rings (SSSR count). The van der Waals surface area contributed by atoms with E-state index in [-0.39, 0.29) is 0 Å². The van der Waals surface area contributed by atoms with E-state index < -0.39 is 0 Å². The molecule has 1 saturated heterocycles. The van der Waals surface area contributed by atoms with Gasteiger partial charge in [-0.2, -0.15) is 5.26 Å². The summed E-state index contributed by atoms with van der Waals surface area (Å²) in [6.45, 7) is 4.03. The first-order chi connectivity index (χ1) is 14.2. The molecule has 1 atom stereocenters. The molecule has 0 radical (unpaired) electrons. The number of aromatic nitrogens is 4. The van der Waals surface area contributed by atoms with Gasteiger partial charge in [0.1, 0.15) is 5.82 Å². The molecule has 1 fully saturated rings. The normalized spacial score (nSPS) is 17.0. The molecule has 1 aliphatic rings. The predicted octanol–water partition coefficient (Wildman–Crippen LogP) is 4.51. The summed E-state index contributed by atoms with van der Waals surface area (Å²) in [4.78, 5) is 17.3. The Morgan fingerprint density at radius 2 is 2.28 bits per heavy atom. The Hall–Kier alpha value is -2.80. The van der Waals surface area contributed by atoms with Gasteiger partial charge in [0.2, 0.25) is 0 Å². The molecule has 1 aliphatic heterocycles. The van der Waals surface area contributed by atoms with E-state index in [9.17, 15) is 0 Å². The molecule has 29 heavy (non-hydrogen) atoms. The first-order valence-electron chi connectivity index (χ1n) is 9.45. The van der Waals surface area contributed by atoms with E-state index in [1.54, 1.807) is 41.0 Å². The molecule has 0 bridgehead atoms. The van der Waals surface area contributed by atoms with Crippen LogP contribution in [-0.2, 0) is 6.54 Å². The summed E-state index contributed by atoms with van der Waals surface area (Å²) in [6.07, 6.45) is 6.01. The number of nitriles is 1. The lowest BCUT2D eigenvalue weighted by Gasteiger charge is -2.23. The Bertz CT molecular complexity index is 1200. The van der Waals surface area contributed by atoms with Gasteiger partial charge in [0, 0.05) is 29.7 Å². The second kappa shape index (κ2) is 7.55. The zero-order valence-corrected chi connectivity index (χ0v) is 17.5. The van der Waals surface area contributed by atoms with Crippen molar-refractivity contribution in [1.29, 1.82) is 5.26 Å². The Kier molecular flexibility index (Phi) is 4.75. The van der Waals surface area contributed by atoms with E-state index in [0.717, 1.165) is 41.0 Å². The molecular weight excluding hydrogens is 402 g/mol. The van der Waals surface area contributed by atoms with Crippen LogP contribution < -0.4 is 5.32 Å². The van der Waals surface area contributed by atoms with Crippen LogP contribution >= 0.6 is 22.7 Å². The molecule has 0 saturated carbocycles. The van der Waals surface area contributed by atoms with Gasteiger partial charge >= 0.3 is 0 Å². The highest BCUT2D eigenvalue weighted by Gasteiger charge is 2.29. The van der Waals surface area contributed by atoms with Crippen LogP contribution in [0, 0.1) is 18.3 Å². The second-order valence-electron chi connectivity index (χ2n) is 7.07. The lowest BCUT2D eigenvalue weighted by molar-refractivity contribution is 0.241. The average Bonchev–Trinajstić information content (AvgIpc) is 3.49. The van der Waals surface area contributed by atoms with Crippen LogP contribution in [0.3, 0.4) is 0 Å². The maximum atomic E-state index is 9.05. The minimum atomic E-state index is 0.309. The van der Waals surface area contributed by atoms with Gasteiger partial charge in [-0.3, -0.25) is 9.30 Å². The zero-order chi connectivity index (χ0) is 19.8. The summed E-state index contributed by atoms with van der Waals surface area (Å²) in [5.74, 6) is 0.642. The van der Waals surface area contributed by atoms with Crippen LogP contribution in [0.1, 0.15) is 41.5 Å². The molecule has 4 aromatic heterocycles. The number of likely N-dealkylation sites (tertiary alicyclic amines) is 1. The van der Waals surface area contributed by atoms with Crippen molar-refractivity contribution >= 4 is 38.6 Å². The van der Waals surface area contributed by atoms with Gasteiger partial charge in [0.15, 0.2) is 10.1 Å². The van der Waals surface area contributed by atoms with Crippen LogP contribution in [0.25, 0.3) is 4.96 Å². The van der Waals surface area contributed by atoms with E-state index in [2.05, 4.69) is 54.5 Å². The van der Waals surface area contributed by atoms with Gasteiger partial charge < -0.3 is 5.32 Å². The molecule has 0 amide bonds. The van der Waals surface area contributed by atoms with Crippen LogP contribution in [0.5, 0.6) is 0 Å². The van der Waals surface area contributed by atoms with Crippen molar-refractivity contribution in [2.24, 2.45) is 0 Å². The van der Waals surface area contributed by atoms with E-state index in [0.29, 0.717) is 17.4 Å². The highest BCUT2D eigenvalue weighted by atomic mass is 32.1. The first-order valence-corrected chi connectivity index (χ1v) is 11.2. The van der Waals surface area contributed by atoms with Crippen molar-refractivity contribution in [2.75, 3.05) is 11.9 Å². The van der Waals surface area contributed by atoms with Crippen LogP contribution in [0.2, 0.25) is 0 Å². The van der Waals surface area contributed by atoms with Gasteiger partial charge in [-0.15, -0.1) is 22.7 Å². The number of nitrogens with one attached hydrogen (secondary N) is 1. The maximum Gasteiger partial charge on any atom is 0.194 e. The van der Waals surface area contributed by atoms with Crippen molar-refractivity contribution < 1.29 is 0 Å². The summed E-state index contributed by atoms with van der Waals surface area (Å²) in [7, 11) is 0. The summed E-state index contributed by atoms with van der Waals surface area (Å²) in [5, 5.41) is 17.3. The summed E-state index contributed by atoms with van der Waals surface area (Å²) < 4.78 is 2.21. The third-order valence-electron chi connectivity index (χ3n) is 5.27. The molecule has 1 N–H and O–H groups in total. The number of pyridine rings is 1. The van der Waals surface area contributed by atoms with Crippen molar-refractivity contribution in [3.05, 3.63) is 57.9 Å². The first kappa shape index (κ1) is 18.2. The van der Waals surface area contributed by atoms with E-state index in [1.807, 2.05) is 0 Å². The smallest absolute Gasteiger partial charge is 0.194 e. The standard InChI is InChI=1S/C20H19N7S2/c1-13-17(27-7-8-28-20(27)23-13)11-26-6-2-3-16(26)15-12-29-19(24-15)25-18-9-14(10-21)4-5-22-18/h4-5,7-9,12,16H,2-3,6,11H2,1H3,(H,22,24,25)/t16-/m0/s1. The lowest BCUT2D eigenvalue weighted by atomic mass is 10.1. The number of imidazole rings is 1. The van der Waals surface area contributed by atoms with Crippen LogP contribution in [-0.4, -0.2) is 30.8 Å². The molecule has 5 heterocycles. The average molecular weight is 422 g/mol. The largest absolute Gasteiger partial charge is 0.316 e. The number of fused-ring (bicyclic) bond motifs is 1. The monoisotopic (exact) mass is 421 g/mol. The van der Waals surface area contributed by atoms with Gasteiger partial charge in [-0.1, -0.05) is 0 Å². The highest BCUT2D eigenvalue weighted by Crippen LogP contribution is 2.35. The molecule has 0 spiro atoms. The quantitative estimate of drug-likeness (QED) is 0.511. The SMILES string of the molecule is Cc1nc2sccn2c1CN1CCC[C@H]1c1csc(Nc2cc(C#N)ccn2)n1. The Labute approximate surface area is 176 Å². The Balaban J connectivity index is 1.34. The third-order valence-corrected chi connectivity index (χ3v) is 6.80. The van der Waals surface area contributed by atoms with Crippen LogP contribution in [0.4, 0.5) is 10.9 Å². The zero-order valence-electron chi connectivity index (χ0n) is 15.9. The number of hydrogen-bond acceptors (Lipinski definition) is 8. The summed E-state index contributed by atoms with van der Waals surface area (Å²) in [6, 6.07) is 5.87. The highest BCUT2D eigenvalue weighted by molar-refractivity contribution is 7.15. The number of rotatable bonds is 5. The van der Waals surface area contributed by atoms with E-state index >= 15 is 0 Å². The fourth-order valence-electron chi connectivity index (χ4n) is 3.85. The molecule has 146 valence electrons. The fraction of sp³-hybridized carbons (Fsp3) is 0.300. The number of thiazole rings is 2. The number of aryl methyl sites for hydroxylation is 1. The molecule has 0 aromatic carbocycles. The molecule has 0 unspecified atom stereocenters. The second-order valence-corrected chi connectivity index (χ2v) is 8.80. The summed E-state index contributed by atoms with van der Waals surface area (Å²) in [5.41, 5.74) is 4.04. The third kappa shape index (κ3) is 3.51. The Morgan fingerprint density at radius 3 is 3.17 bits per heavy atom. The van der Waals surface area contributed by atoms with Crippen molar-refractivity contribution in [3.8, 4) is 6.07 Å². The van der Waals surface area contributed by atoms with Gasteiger partial charge in [0.05, 0.1) is 34.8 Å². The van der Waals surface area contributed by atoms with Gasteiger partial charge in [-0.05, 0) is 38.4 Å². The fourth-order valence-corrected chi connectivity index (χ4v) is 5.39. The van der Waals surface area contributed by atoms with Gasteiger partial charge in [0.25, 0.3) is 0 Å².